The zero-order valence-electron chi connectivity index (χ0n) is 13.3. The van der Waals surface area contributed by atoms with Crippen LogP contribution in [0.2, 0.25) is 0 Å². The molecule has 0 aliphatic carbocycles. The van der Waals surface area contributed by atoms with Crippen molar-refractivity contribution in [3.05, 3.63) is 47.1 Å². The molecule has 1 N–H and O–H groups in total. The van der Waals surface area contributed by atoms with Crippen molar-refractivity contribution in [2.24, 2.45) is 0 Å². The van der Waals surface area contributed by atoms with Crippen molar-refractivity contribution in [1.82, 2.24) is 0 Å². The Morgan fingerprint density at radius 1 is 1.11 bits per heavy atom. The van der Waals surface area contributed by atoms with Gasteiger partial charge in [0.25, 0.3) is 0 Å². The fourth-order valence-corrected chi connectivity index (χ4v) is 1.41. The summed E-state index contributed by atoms with van der Waals surface area (Å²) in [6.45, 7) is 11.8. The first-order chi connectivity index (χ1) is 8.68. The van der Waals surface area contributed by atoms with E-state index in [9.17, 15) is 5.11 Å². The first-order valence-corrected chi connectivity index (χ1v) is 6.61. The summed E-state index contributed by atoms with van der Waals surface area (Å²) in [5, 5.41) is 9.88. The third kappa shape index (κ3) is 7.81. The third-order valence-electron chi connectivity index (χ3n) is 2.98. The predicted molar refractivity (Wildman–Crippen MR) is 83.2 cm³/mol. The second-order valence-electron chi connectivity index (χ2n) is 5.62. The Labute approximate surface area is 118 Å². The molecule has 108 valence electrons. The molecule has 2 nitrogen and oxygen atoms in total. The molecule has 0 aliphatic heterocycles. The number of aliphatic hydroxyl groups is 1. The molecule has 0 amide bonds. The van der Waals surface area contributed by atoms with E-state index in [1.807, 2.05) is 31.2 Å². The van der Waals surface area contributed by atoms with E-state index in [2.05, 4.69) is 26.8 Å². The summed E-state index contributed by atoms with van der Waals surface area (Å²) >= 11 is 0. The summed E-state index contributed by atoms with van der Waals surface area (Å²) in [6, 6.07) is 0. The highest BCUT2D eigenvalue weighted by molar-refractivity contribution is 5.28. The second kappa shape index (κ2) is 8.13. The van der Waals surface area contributed by atoms with E-state index >= 15 is 0 Å². The summed E-state index contributed by atoms with van der Waals surface area (Å²) in [5.74, 6) is 0. The lowest BCUT2D eigenvalue weighted by molar-refractivity contribution is -0.0444. The van der Waals surface area contributed by atoms with Crippen LogP contribution in [0.4, 0.5) is 0 Å². The van der Waals surface area contributed by atoms with Crippen LogP contribution in [-0.4, -0.2) is 23.9 Å². The number of methoxy groups -OCH3 is 1. The van der Waals surface area contributed by atoms with Crippen molar-refractivity contribution < 1.29 is 9.84 Å². The molecule has 0 bridgehead atoms. The Morgan fingerprint density at radius 3 is 2.11 bits per heavy atom. The van der Waals surface area contributed by atoms with Gasteiger partial charge in [-0.1, -0.05) is 47.1 Å². The Balaban J connectivity index is 4.69. The van der Waals surface area contributed by atoms with Crippen molar-refractivity contribution in [3.8, 4) is 0 Å². The Bertz CT molecular complexity index is 386. The highest BCUT2D eigenvalue weighted by atomic mass is 16.5. The van der Waals surface area contributed by atoms with Gasteiger partial charge in [0, 0.05) is 7.11 Å². The normalized spacial score (nSPS) is 15.3. The van der Waals surface area contributed by atoms with E-state index in [1.165, 1.54) is 11.1 Å². The smallest absolute Gasteiger partial charge is 0.104 e. The fourth-order valence-electron chi connectivity index (χ4n) is 1.41. The van der Waals surface area contributed by atoms with Crippen LogP contribution in [0.3, 0.4) is 0 Å². The molecule has 0 aromatic carbocycles. The van der Waals surface area contributed by atoms with Crippen molar-refractivity contribution >= 4 is 0 Å². The SMILES string of the molecule is COC(/C=C/C(C)=C/C=C/C(C)=C(C)C)C(C)(C)O. The molecule has 0 rings (SSSR count). The number of rotatable bonds is 6. The largest absolute Gasteiger partial charge is 0.387 e. The average Bonchev–Trinajstić information content (AvgIpc) is 2.27. The zero-order chi connectivity index (χ0) is 15.1. The average molecular weight is 264 g/mol. The lowest BCUT2D eigenvalue weighted by atomic mass is 10.0. The Morgan fingerprint density at radius 2 is 1.68 bits per heavy atom. The molecule has 1 atom stereocenters. The van der Waals surface area contributed by atoms with Crippen LogP contribution < -0.4 is 0 Å². The molecule has 2 heteroatoms. The van der Waals surface area contributed by atoms with E-state index in [-0.39, 0.29) is 6.10 Å². The lowest BCUT2D eigenvalue weighted by Crippen LogP contribution is -2.35. The van der Waals surface area contributed by atoms with Gasteiger partial charge in [0.05, 0.1) is 5.60 Å². The van der Waals surface area contributed by atoms with E-state index in [1.54, 1.807) is 21.0 Å². The van der Waals surface area contributed by atoms with Gasteiger partial charge in [-0.25, -0.2) is 0 Å². The van der Waals surface area contributed by atoms with Crippen molar-refractivity contribution in [1.29, 1.82) is 0 Å². The topological polar surface area (TPSA) is 29.5 Å². The molecule has 1 unspecified atom stereocenters. The third-order valence-corrected chi connectivity index (χ3v) is 2.98. The number of hydrogen-bond donors (Lipinski definition) is 1. The van der Waals surface area contributed by atoms with Gasteiger partial charge in [-0.15, -0.1) is 0 Å². The molecule has 0 saturated carbocycles. The van der Waals surface area contributed by atoms with Crippen LogP contribution in [-0.2, 0) is 4.74 Å². The maximum absolute atomic E-state index is 9.88. The maximum Gasteiger partial charge on any atom is 0.104 e. The fraction of sp³-hybridized carbons (Fsp3) is 0.529. The van der Waals surface area contributed by atoms with Crippen LogP contribution in [0, 0.1) is 0 Å². The van der Waals surface area contributed by atoms with Gasteiger partial charge in [0.1, 0.15) is 6.10 Å². The molecule has 0 heterocycles. The van der Waals surface area contributed by atoms with Gasteiger partial charge in [0.2, 0.25) is 0 Å². The number of ether oxygens (including phenoxy) is 1. The summed E-state index contributed by atoms with van der Waals surface area (Å²) in [6.07, 6.45) is 9.71. The van der Waals surface area contributed by atoms with Crippen molar-refractivity contribution in [2.45, 2.75) is 53.2 Å². The van der Waals surface area contributed by atoms with Crippen LogP contribution in [0.1, 0.15) is 41.5 Å². The minimum Gasteiger partial charge on any atom is -0.387 e. The number of hydrogen-bond acceptors (Lipinski definition) is 2. The van der Waals surface area contributed by atoms with Crippen LogP contribution in [0.25, 0.3) is 0 Å². The van der Waals surface area contributed by atoms with Crippen LogP contribution >= 0.6 is 0 Å². The van der Waals surface area contributed by atoms with Gasteiger partial charge < -0.3 is 9.84 Å². The van der Waals surface area contributed by atoms with Crippen LogP contribution in [0.5, 0.6) is 0 Å². The second-order valence-corrected chi connectivity index (χ2v) is 5.62. The van der Waals surface area contributed by atoms with E-state index < -0.39 is 5.60 Å². The van der Waals surface area contributed by atoms with Crippen LogP contribution in [0.15, 0.2) is 47.1 Å². The van der Waals surface area contributed by atoms with Crippen molar-refractivity contribution in [2.75, 3.05) is 7.11 Å². The lowest BCUT2D eigenvalue weighted by Gasteiger charge is -2.25. The van der Waals surface area contributed by atoms with Gasteiger partial charge in [0.15, 0.2) is 0 Å². The quantitative estimate of drug-likeness (QED) is 0.729. The molecule has 0 spiro atoms. The van der Waals surface area contributed by atoms with Gasteiger partial charge >= 0.3 is 0 Å². The Hall–Kier alpha value is -1.12. The van der Waals surface area contributed by atoms with E-state index in [4.69, 9.17) is 4.74 Å². The highest BCUT2D eigenvalue weighted by Crippen LogP contribution is 2.14. The van der Waals surface area contributed by atoms with E-state index in [0.717, 1.165) is 5.57 Å². The van der Waals surface area contributed by atoms with Gasteiger partial charge in [-0.2, -0.15) is 0 Å². The minimum atomic E-state index is -0.875. The van der Waals surface area contributed by atoms with Gasteiger partial charge in [-0.05, 0) is 41.5 Å². The summed E-state index contributed by atoms with van der Waals surface area (Å²) < 4.78 is 5.25. The molecular weight excluding hydrogens is 236 g/mol. The molecular formula is C17H28O2. The molecule has 0 aromatic rings. The molecule has 0 radical (unpaired) electrons. The molecule has 0 saturated heterocycles. The molecule has 19 heavy (non-hydrogen) atoms. The van der Waals surface area contributed by atoms with Crippen molar-refractivity contribution in [3.63, 3.8) is 0 Å². The minimum absolute atomic E-state index is 0.306. The van der Waals surface area contributed by atoms with Gasteiger partial charge in [-0.3, -0.25) is 0 Å². The predicted octanol–water partition coefficient (Wildman–Crippen LogP) is 4.19. The maximum atomic E-state index is 9.88. The first-order valence-electron chi connectivity index (χ1n) is 6.61. The zero-order valence-corrected chi connectivity index (χ0v) is 13.3. The molecule has 0 aliphatic rings. The van der Waals surface area contributed by atoms with E-state index in [0.29, 0.717) is 0 Å². The summed E-state index contributed by atoms with van der Waals surface area (Å²) in [4.78, 5) is 0. The first kappa shape index (κ1) is 17.9. The molecule has 0 fully saturated rings. The molecule has 0 aromatic heterocycles. The standard InChI is InChI=1S/C17H28O2/c1-13(2)15(4)10-8-9-14(3)11-12-16(19-7)17(5,6)18/h8-12,16,18H,1-7H3/b10-8+,12-11+,14-9+. The Kier molecular flexibility index (Phi) is 7.65. The number of allylic oxidation sites excluding steroid dienone is 7. The summed E-state index contributed by atoms with van der Waals surface area (Å²) in [7, 11) is 1.60. The monoisotopic (exact) mass is 264 g/mol. The highest BCUT2D eigenvalue weighted by Gasteiger charge is 2.23. The summed E-state index contributed by atoms with van der Waals surface area (Å²) in [5.41, 5.74) is 2.84.